The van der Waals surface area contributed by atoms with E-state index in [1.165, 1.54) is 24.4 Å². The fourth-order valence-electron chi connectivity index (χ4n) is 3.66. The monoisotopic (exact) mass is 495 g/mol. The van der Waals surface area contributed by atoms with Crippen LogP contribution in [0.1, 0.15) is 26.5 Å². The van der Waals surface area contributed by atoms with Crippen molar-refractivity contribution >= 4 is 45.5 Å². The van der Waals surface area contributed by atoms with Gasteiger partial charge in [-0.3, -0.25) is 20.2 Å². The first-order chi connectivity index (χ1) is 17.2. The van der Waals surface area contributed by atoms with Gasteiger partial charge in [0.1, 0.15) is 17.0 Å². The van der Waals surface area contributed by atoms with E-state index in [1.807, 2.05) is 0 Å². The Hall–Kier alpha value is -4.94. The lowest BCUT2D eigenvalue weighted by Gasteiger charge is -2.11. The van der Waals surface area contributed by atoms with Crippen LogP contribution in [-0.4, -0.2) is 43.1 Å². The molecule has 0 fully saturated rings. The fraction of sp³-hybridized carbons (Fsp3) is 0.0870. The van der Waals surface area contributed by atoms with Crippen molar-refractivity contribution in [2.24, 2.45) is 0 Å². The van der Waals surface area contributed by atoms with Crippen molar-refractivity contribution in [2.75, 3.05) is 10.6 Å². The summed E-state index contributed by atoms with van der Waals surface area (Å²) in [6, 6.07) is 10.2. The van der Waals surface area contributed by atoms with E-state index in [9.17, 15) is 22.8 Å². The van der Waals surface area contributed by atoms with Crippen molar-refractivity contribution in [3.63, 3.8) is 0 Å². The number of hydrogen-bond donors (Lipinski definition) is 4. The number of benzene rings is 2. The lowest BCUT2D eigenvalue weighted by molar-refractivity contribution is -0.274. The Morgan fingerprint density at radius 2 is 1.81 bits per heavy atom. The Labute approximate surface area is 199 Å². The lowest BCUT2D eigenvalue weighted by atomic mass is 10.1. The smallest absolute Gasteiger partial charge is 0.406 e. The number of aromatic nitrogens is 5. The highest BCUT2D eigenvalue weighted by atomic mass is 19.4. The number of alkyl halides is 3. The molecule has 0 saturated heterocycles. The number of hydrogen-bond acceptors (Lipinski definition) is 6. The number of rotatable bonds is 5. The van der Waals surface area contributed by atoms with Gasteiger partial charge in [0.05, 0.1) is 11.1 Å². The van der Waals surface area contributed by atoms with Crippen LogP contribution in [-0.2, 0) is 0 Å². The lowest BCUT2D eigenvalue weighted by Crippen LogP contribution is -2.17. The maximum atomic E-state index is 12.9. The summed E-state index contributed by atoms with van der Waals surface area (Å²) in [5, 5.41) is 6.13. The molecule has 10 nitrogen and oxygen atoms in total. The van der Waals surface area contributed by atoms with Crippen LogP contribution >= 0.6 is 0 Å². The van der Waals surface area contributed by atoms with Crippen molar-refractivity contribution in [1.82, 2.24) is 24.9 Å². The molecule has 36 heavy (non-hydrogen) atoms. The van der Waals surface area contributed by atoms with E-state index in [4.69, 9.17) is 0 Å². The maximum Gasteiger partial charge on any atom is 0.573 e. The molecule has 0 atom stereocenters. The van der Waals surface area contributed by atoms with Crippen molar-refractivity contribution in [1.29, 1.82) is 0 Å². The Morgan fingerprint density at radius 1 is 1.00 bits per heavy atom. The molecule has 0 aliphatic heterocycles. The number of fused-ring (bicyclic) bond motifs is 2. The molecular weight excluding hydrogens is 479 g/mol. The molecule has 5 aromatic rings. The second kappa shape index (κ2) is 8.69. The average molecular weight is 495 g/mol. The highest BCUT2D eigenvalue weighted by Gasteiger charge is 2.31. The van der Waals surface area contributed by atoms with Crippen molar-refractivity contribution in [3.05, 3.63) is 71.8 Å². The quantitative estimate of drug-likeness (QED) is 0.282. The van der Waals surface area contributed by atoms with Gasteiger partial charge in [-0.05, 0) is 42.6 Å². The number of ether oxygens (including phenoxy) is 1. The van der Waals surface area contributed by atoms with Crippen molar-refractivity contribution in [3.8, 4) is 5.75 Å². The zero-order chi connectivity index (χ0) is 25.4. The first-order valence-electron chi connectivity index (χ1n) is 10.4. The van der Waals surface area contributed by atoms with Crippen LogP contribution < -0.4 is 15.4 Å². The number of H-pyrrole nitrogens is 2. The second-order valence-electron chi connectivity index (χ2n) is 7.66. The van der Waals surface area contributed by atoms with Gasteiger partial charge in [-0.25, -0.2) is 15.0 Å². The van der Waals surface area contributed by atoms with E-state index in [0.717, 1.165) is 6.07 Å². The third-order valence-electron chi connectivity index (χ3n) is 5.18. The van der Waals surface area contributed by atoms with Gasteiger partial charge in [-0.15, -0.1) is 13.2 Å². The van der Waals surface area contributed by atoms with Crippen LogP contribution in [0.3, 0.4) is 0 Å². The maximum absolute atomic E-state index is 12.9. The summed E-state index contributed by atoms with van der Waals surface area (Å²) in [5.74, 6) is -1.07. The number of pyridine rings is 1. The highest BCUT2D eigenvalue weighted by molar-refractivity contribution is 6.12. The largest absolute Gasteiger partial charge is 0.573 e. The minimum atomic E-state index is -4.82. The SMILES string of the molecule is Cc1nc(C(=O)Nc2nc3c(C(=O)Nc4ncc[nH]4)cccc3[nH]2)cc2ccc(OC(F)(F)F)cc12. The predicted octanol–water partition coefficient (Wildman–Crippen LogP) is 4.55. The number of aryl methyl sites for hydroxylation is 1. The molecule has 3 heterocycles. The first kappa shape index (κ1) is 22.8. The highest BCUT2D eigenvalue weighted by Crippen LogP contribution is 2.28. The third kappa shape index (κ3) is 4.66. The van der Waals surface area contributed by atoms with Crippen LogP contribution in [0.25, 0.3) is 21.8 Å². The summed E-state index contributed by atoms with van der Waals surface area (Å²) in [6.07, 6.45) is -1.76. The van der Waals surface area contributed by atoms with E-state index >= 15 is 0 Å². The first-order valence-corrected chi connectivity index (χ1v) is 10.4. The van der Waals surface area contributed by atoms with E-state index in [1.54, 1.807) is 31.3 Å². The number of nitrogens with zero attached hydrogens (tertiary/aromatic N) is 3. The molecule has 0 radical (unpaired) electrons. The molecule has 182 valence electrons. The van der Waals surface area contributed by atoms with Gasteiger partial charge in [0.15, 0.2) is 0 Å². The molecule has 5 rings (SSSR count). The van der Waals surface area contributed by atoms with E-state index in [2.05, 4.69) is 40.3 Å². The number of halogens is 3. The van der Waals surface area contributed by atoms with Crippen LogP contribution in [0.4, 0.5) is 25.1 Å². The molecule has 0 spiro atoms. The Kier molecular flexibility index (Phi) is 5.51. The van der Waals surface area contributed by atoms with Gasteiger partial charge in [-0.2, -0.15) is 0 Å². The van der Waals surface area contributed by atoms with Crippen LogP contribution in [0.15, 0.2) is 54.9 Å². The minimum absolute atomic E-state index is 0.0285. The summed E-state index contributed by atoms with van der Waals surface area (Å²) < 4.78 is 41.5. The molecule has 3 aromatic heterocycles. The zero-order valence-electron chi connectivity index (χ0n) is 18.4. The van der Waals surface area contributed by atoms with Crippen LogP contribution in [0.5, 0.6) is 5.75 Å². The summed E-state index contributed by atoms with van der Waals surface area (Å²) in [4.78, 5) is 43.7. The van der Waals surface area contributed by atoms with E-state index in [0.29, 0.717) is 27.5 Å². The number of anilines is 2. The molecule has 0 aliphatic carbocycles. The third-order valence-corrected chi connectivity index (χ3v) is 5.18. The Morgan fingerprint density at radius 3 is 2.56 bits per heavy atom. The number of carbonyl (C=O) groups excluding carboxylic acids is 2. The molecular formula is C23H16F3N7O3. The Bertz CT molecular complexity index is 1610. The number of carbonyl (C=O) groups is 2. The van der Waals surface area contributed by atoms with Gasteiger partial charge in [0.2, 0.25) is 11.9 Å². The summed E-state index contributed by atoms with van der Waals surface area (Å²) in [5.41, 5.74) is 1.47. The molecule has 2 amide bonds. The molecule has 0 unspecified atom stereocenters. The normalized spacial score (nSPS) is 11.6. The predicted molar refractivity (Wildman–Crippen MR) is 124 cm³/mol. The minimum Gasteiger partial charge on any atom is -0.406 e. The number of aromatic amines is 2. The summed E-state index contributed by atoms with van der Waals surface area (Å²) in [7, 11) is 0. The van der Waals surface area contributed by atoms with Gasteiger partial charge < -0.3 is 14.7 Å². The summed E-state index contributed by atoms with van der Waals surface area (Å²) >= 11 is 0. The van der Waals surface area contributed by atoms with Gasteiger partial charge in [0, 0.05) is 23.5 Å². The second-order valence-corrected chi connectivity index (χ2v) is 7.66. The number of imidazole rings is 2. The molecule has 4 N–H and O–H groups in total. The average Bonchev–Trinajstić information content (AvgIpc) is 3.47. The standard InChI is InChI=1S/C23H16F3N7O3/c1-11-15-10-13(36-23(24,25)26)6-5-12(15)9-17(29-11)20(35)33-22-30-16-4-2-3-14(18(16)31-22)19(34)32-21-27-7-8-28-21/h2-10H,1H3,(H2,27,28,32,34)(H2,30,31,33,35). The Balaban J connectivity index is 1.39. The van der Waals surface area contributed by atoms with Gasteiger partial charge >= 0.3 is 6.36 Å². The van der Waals surface area contributed by atoms with E-state index in [-0.39, 0.29) is 28.9 Å². The molecule has 0 bridgehead atoms. The molecule has 0 aliphatic rings. The fourth-order valence-corrected chi connectivity index (χ4v) is 3.66. The number of amides is 2. The van der Waals surface area contributed by atoms with Crippen LogP contribution in [0.2, 0.25) is 0 Å². The topological polar surface area (TPSA) is 138 Å². The molecule has 0 saturated carbocycles. The van der Waals surface area contributed by atoms with Crippen molar-refractivity contribution < 1.29 is 27.5 Å². The number of nitrogens with one attached hydrogen (secondary N) is 4. The summed E-state index contributed by atoms with van der Waals surface area (Å²) in [6.45, 7) is 1.57. The molecule has 2 aromatic carbocycles. The number of para-hydroxylation sites is 1. The van der Waals surface area contributed by atoms with E-state index < -0.39 is 18.2 Å². The van der Waals surface area contributed by atoms with Gasteiger partial charge in [-0.1, -0.05) is 12.1 Å². The van der Waals surface area contributed by atoms with Gasteiger partial charge in [0.25, 0.3) is 11.8 Å². The van der Waals surface area contributed by atoms with Crippen LogP contribution in [0, 0.1) is 6.92 Å². The van der Waals surface area contributed by atoms with Crippen molar-refractivity contribution in [2.45, 2.75) is 13.3 Å². The zero-order valence-corrected chi connectivity index (χ0v) is 18.4. The molecule has 13 heteroatoms.